The van der Waals surface area contributed by atoms with Crippen molar-refractivity contribution in [2.24, 2.45) is 0 Å². The molecule has 0 fully saturated rings. The Labute approximate surface area is 175 Å². The minimum Gasteiger partial charge on any atom is -0.489 e. The van der Waals surface area contributed by atoms with Crippen molar-refractivity contribution >= 4 is 39.2 Å². The van der Waals surface area contributed by atoms with Gasteiger partial charge in [-0.25, -0.2) is 9.18 Å². The Hall–Kier alpha value is -2.57. The van der Waals surface area contributed by atoms with Gasteiger partial charge in [-0.05, 0) is 54.1 Å². The quantitative estimate of drug-likeness (QED) is 0.441. The summed E-state index contributed by atoms with van der Waals surface area (Å²) in [4.78, 5) is 11.1. The van der Waals surface area contributed by atoms with Crippen molar-refractivity contribution in [3.8, 4) is 5.75 Å². The minimum absolute atomic E-state index is 0.0537. The second-order valence-corrected chi connectivity index (χ2v) is 7.34. The van der Waals surface area contributed by atoms with E-state index in [1.54, 1.807) is 24.3 Å². The van der Waals surface area contributed by atoms with Gasteiger partial charge in [0.1, 0.15) is 18.2 Å². The Morgan fingerprint density at radius 1 is 1.11 bits per heavy atom. The van der Waals surface area contributed by atoms with Crippen LogP contribution < -0.4 is 10.1 Å². The molecule has 3 aromatic rings. The number of benzene rings is 3. The normalized spacial score (nSPS) is 10.5. The molecule has 28 heavy (non-hydrogen) atoms. The number of ether oxygens (including phenoxy) is 1. The van der Waals surface area contributed by atoms with E-state index >= 15 is 0 Å². The summed E-state index contributed by atoms with van der Waals surface area (Å²) in [7, 11) is 0. The van der Waals surface area contributed by atoms with Crippen LogP contribution in [0.15, 0.2) is 65.1 Å². The highest BCUT2D eigenvalue weighted by Gasteiger charge is 2.10. The van der Waals surface area contributed by atoms with E-state index in [0.717, 1.165) is 15.6 Å². The van der Waals surface area contributed by atoms with Crippen molar-refractivity contribution in [3.05, 3.63) is 92.7 Å². The predicted molar refractivity (Wildman–Crippen MR) is 111 cm³/mol. The summed E-state index contributed by atoms with van der Waals surface area (Å²) in [5, 5.41) is 12.4. The van der Waals surface area contributed by atoms with Gasteiger partial charge >= 0.3 is 5.97 Å². The van der Waals surface area contributed by atoms with Crippen LogP contribution in [-0.2, 0) is 13.2 Å². The first-order chi connectivity index (χ1) is 13.4. The van der Waals surface area contributed by atoms with Crippen molar-refractivity contribution < 1.29 is 19.0 Å². The van der Waals surface area contributed by atoms with E-state index in [0.29, 0.717) is 24.6 Å². The highest BCUT2D eigenvalue weighted by molar-refractivity contribution is 9.10. The van der Waals surface area contributed by atoms with Gasteiger partial charge in [-0.15, -0.1) is 0 Å². The molecule has 0 saturated carbocycles. The molecule has 3 aromatic carbocycles. The summed E-state index contributed by atoms with van der Waals surface area (Å²) in [6.45, 7) is 0.759. The number of carboxylic acids is 1. The summed E-state index contributed by atoms with van der Waals surface area (Å²) in [5.41, 5.74) is 2.51. The fourth-order valence-electron chi connectivity index (χ4n) is 2.56. The molecule has 0 amide bonds. The first-order valence-electron chi connectivity index (χ1n) is 8.35. The molecular formula is C21H16BrClFNO3. The molecular weight excluding hydrogens is 449 g/mol. The zero-order valence-corrected chi connectivity index (χ0v) is 16.9. The molecule has 0 radical (unpaired) electrons. The van der Waals surface area contributed by atoms with Gasteiger partial charge in [0.2, 0.25) is 0 Å². The summed E-state index contributed by atoms with van der Waals surface area (Å²) < 4.78 is 19.8. The second kappa shape index (κ2) is 9.08. The maximum atomic E-state index is 13.0. The summed E-state index contributed by atoms with van der Waals surface area (Å²) in [6, 6.07) is 16.5. The molecule has 0 aromatic heterocycles. The predicted octanol–water partition coefficient (Wildman–Crippen LogP) is 6.13. The SMILES string of the molecule is O=C(O)c1ccc(NCc2cc(Br)ccc2OCc2ccc(F)cc2)cc1Cl. The van der Waals surface area contributed by atoms with Crippen LogP contribution in [0.2, 0.25) is 5.02 Å². The van der Waals surface area contributed by atoms with Crippen LogP contribution in [0.25, 0.3) is 0 Å². The average Bonchev–Trinajstić information content (AvgIpc) is 2.66. The lowest BCUT2D eigenvalue weighted by molar-refractivity contribution is 0.0697. The Morgan fingerprint density at radius 3 is 2.54 bits per heavy atom. The third-order valence-corrected chi connectivity index (χ3v) is 4.82. The van der Waals surface area contributed by atoms with E-state index in [1.165, 1.54) is 18.2 Å². The van der Waals surface area contributed by atoms with Crippen molar-refractivity contribution in [2.45, 2.75) is 13.2 Å². The summed E-state index contributed by atoms with van der Waals surface area (Å²) >= 11 is 9.46. The van der Waals surface area contributed by atoms with Gasteiger partial charge in [0, 0.05) is 22.3 Å². The molecule has 0 aliphatic heterocycles. The monoisotopic (exact) mass is 463 g/mol. The van der Waals surface area contributed by atoms with Crippen molar-refractivity contribution in [1.82, 2.24) is 0 Å². The topological polar surface area (TPSA) is 58.6 Å². The maximum absolute atomic E-state index is 13.0. The number of nitrogens with one attached hydrogen (secondary N) is 1. The lowest BCUT2D eigenvalue weighted by atomic mass is 10.1. The Kier molecular flexibility index (Phi) is 6.54. The highest BCUT2D eigenvalue weighted by atomic mass is 79.9. The van der Waals surface area contributed by atoms with Crippen LogP contribution in [0.3, 0.4) is 0 Å². The van der Waals surface area contributed by atoms with E-state index in [4.69, 9.17) is 21.4 Å². The van der Waals surface area contributed by atoms with E-state index in [9.17, 15) is 9.18 Å². The number of anilines is 1. The molecule has 3 rings (SSSR count). The Balaban J connectivity index is 1.71. The lowest BCUT2D eigenvalue weighted by Gasteiger charge is -2.14. The standard InChI is InChI=1S/C21H16BrClFNO3/c22-15-3-8-20(28-12-13-1-4-16(24)5-2-13)14(9-15)11-25-17-6-7-18(21(26)27)19(23)10-17/h1-10,25H,11-12H2,(H,26,27). The van der Waals surface area contributed by atoms with Crippen LogP contribution >= 0.6 is 27.5 Å². The third-order valence-electron chi connectivity index (χ3n) is 4.01. The molecule has 7 heteroatoms. The molecule has 0 unspecified atom stereocenters. The van der Waals surface area contributed by atoms with Gasteiger partial charge in [-0.3, -0.25) is 0 Å². The fraction of sp³-hybridized carbons (Fsp3) is 0.0952. The number of carbonyl (C=O) groups is 1. The number of rotatable bonds is 7. The van der Waals surface area contributed by atoms with Gasteiger partial charge in [-0.1, -0.05) is 39.7 Å². The van der Waals surface area contributed by atoms with E-state index < -0.39 is 5.97 Å². The molecule has 0 aliphatic carbocycles. The molecule has 0 spiro atoms. The number of hydrogen-bond acceptors (Lipinski definition) is 3. The van der Waals surface area contributed by atoms with E-state index in [1.807, 2.05) is 18.2 Å². The van der Waals surface area contributed by atoms with Gasteiger partial charge in [-0.2, -0.15) is 0 Å². The first kappa shape index (κ1) is 20.2. The van der Waals surface area contributed by atoms with Gasteiger partial charge < -0.3 is 15.2 Å². The van der Waals surface area contributed by atoms with Gasteiger partial charge in [0.05, 0.1) is 10.6 Å². The van der Waals surface area contributed by atoms with Gasteiger partial charge in [0.15, 0.2) is 0 Å². The molecule has 0 saturated heterocycles. The number of halogens is 3. The molecule has 2 N–H and O–H groups in total. The largest absolute Gasteiger partial charge is 0.489 e. The average molecular weight is 465 g/mol. The zero-order chi connectivity index (χ0) is 20.1. The van der Waals surface area contributed by atoms with Crippen LogP contribution in [0.4, 0.5) is 10.1 Å². The Bertz CT molecular complexity index is 995. The molecule has 0 aliphatic rings. The Morgan fingerprint density at radius 2 is 1.86 bits per heavy atom. The fourth-order valence-corrected chi connectivity index (χ4v) is 3.23. The first-order valence-corrected chi connectivity index (χ1v) is 9.52. The lowest BCUT2D eigenvalue weighted by Crippen LogP contribution is -2.05. The summed E-state index contributed by atoms with van der Waals surface area (Å²) in [6.07, 6.45) is 0. The number of carboxylic acid groups (broad SMARTS) is 1. The van der Waals surface area contributed by atoms with Crippen molar-refractivity contribution in [1.29, 1.82) is 0 Å². The van der Waals surface area contributed by atoms with E-state index in [-0.39, 0.29) is 16.4 Å². The molecule has 0 atom stereocenters. The maximum Gasteiger partial charge on any atom is 0.337 e. The minimum atomic E-state index is -1.07. The zero-order valence-electron chi connectivity index (χ0n) is 14.6. The summed E-state index contributed by atoms with van der Waals surface area (Å²) in [5.74, 6) is -0.668. The highest BCUT2D eigenvalue weighted by Crippen LogP contribution is 2.26. The number of aromatic carboxylic acids is 1. The van der Waals surface area contributed by atoms with Crippen molar-refractivity contribution in [2.75, 3.05) is 5.32 Å². The van der Waals surface area contributed by atoms with Crippen LogP contribution in [-0.4, -0.2) is 11.1 Å². The molecule has 0 heterocycles. The third kappa shape index (κ3) is 5.24. The van der Waals surface area contributed by atoms with Gasteiger partial charge in [0.25, 0.3) is 0 Å². The smallest absolute Gasteiger partial charge is 0.337 e. The number of hydrogen-bond donors (Lipinski definition) is 2. The van der Waals surface area contributed by atoms with Crippen LogP contribution in [0, 0.1) is 5.82 Å². The van der Waals surface area contributed by atoms with E-state index in [2.05, 4.69) is 21.2 Å². The van der Waals surface area contributed by atoms with Crippen molar-refractivity contribution in [3.63, 3.8) is 0 Å². The molecule has 0 bridgehead atoms. The van der Waals surface area contributed by atoms with Crippen LogP contribution in [0.5, 0.6) is 5.75 Å². The van der Waals surface area contributed by atoms with Crippen LogP contribution in [0.1, 0.15) is 21.5 Å². The molecule has 144 valence electrons. The second-order valence-electron chi connectivity index (χ2n) is 6.02. The molecule has 4 nitrogen and oxygen atoms in total.